The van der Waals surface area contributed by atoms with Crippen LogP contribution in [0.2, 0.25) is 0 Å². The fourth-order valence-corrected chi connectivity index (χ4v) is 2.53. The van der Waals surface area contributed by atoms with E-state index in [1.807, 2.05) is 0 Å². The topological polar surface area (TPSA) is 29.5 Å². The van der Waals surface area contributed by atoms with Crippen LogP contribution in [-0.2, 0) is 5.41 Å². The third-order valence-electron chi connectivity index (χ3n) is 3.68. The molecule has 0 amide bonds. The zero-order valence-electron chi connectivity index (χ0n) is 12.1. The van der Waals surface area contributed by atoms with Gasteiger partial charge in [0.25, 0.3) is 0 Å². The SMILES string of the molecule is CCCC1Oc2c(C)cc(C(C)(C)C)cc2C1O. The van der Waals surface area contributed by atoms with Crippen molar-refractivity contribution >= 4 is 0 Å². The molecule has 0 saturated carbocycles. The minimum atomic E-state index is -0.471. The van der Waals surface area contributed by atoms with Crippen molar-refractivity contribution in [3.05, 3.63) is 28.8 Å². The second-order valence-electron chi connectivity index (χ2n) is 6.35. The van der Waals surface area contributed by atoms with Crippen LogP contribution in [0.1, 0.15) is 63.3 Å². The van der Waals surface area contributed by atoms with Gasteiger partial charge in [-0.05, 0) is 36.0 Å². The molecule has 18 heavy (non-hydrogen) atoms. The molecule has 1 aromatic rings. The number of aryl methyl sites for hydroxylation is 1. The van der Waals surface area contributed by atoms with Gasteiger partial charge in [0.05, 0.1) is 0 Å². The molecular formula is C16H24O2. The van der Waals surface area contributed by atoms with E-state index in [0.29, 0.717) is 0 Å². The Hall–Kier alpha value is -1.02. The minimum absolute atomic E-state index is 0.0704. The van der Waals surface area contributed by atoms with E-state index in [0.717, 1.165) is 29.7 Å². The highest BCUT2D eigenvalue weighted by Gasteiger charge is 2.34. The van der Waals surface area contributed by atoms with Gasteiger partial charge in [-0.15, -0.1) is 0 Å². The Morgan fingerprint density at radius 1 is 1.28 bits per heavy atom. The first kappa shape index (κ1) is 13.4. The molecule has 1 N–H and O–H groups in total. The average molecular weight is 248 g/mol. The molecular weight excluding hydrogens is 224 g/mol. The Morgan fingerprint density at radius 2 is 1.94 bits per heavy atom. The van der Waals surface area contributed by atoms with E-state index in [1.165, 1.54) is 5.56 Å². The lowest BCUT2D eigenvalue weighted by molar-refractivity contribution is 0.0614. The lowest BCUT2D eigenvalue weighted by Crippen LogP contribution is -2.18. The normalized spacial score (nSPS) is 22.8. The lowest BCUT2D eigenvalue weighted by atomic mass is 9.84. The van der Waals surface area contributed by atoms with Crippen LogP contribution in [0.15, 0.2) is 12.1 Å². The maximum atomic E-state index is 10.4. The summed E-state index contributed by atoms with van der Waals surface area (Å²) in [5.41, 5.74) is 3.47. The molecule has 0 saturated heterocycles. The predicted octanol–water partition coefficient (Wildman–Crippen LogP) is 3.89. The lowest BCUT2D eigenvalue weighted by Gasteiger charge is -2.21. The van der Waals surface area contributed by atoms with Crippen LogP contribution in [0.25, 0.3) is 0 Å². The molecule has 2 nitrogen and oxygen atoms in total. The quantitative estimate of drug-likeness (QED) is 0.860. The number of benzene rings is 1. The van der Waals surface area contributed by atoms with Gasteiger partial charge in [-0.2, -0.15) is 0 Å². The zero-order chi connectivity index (χ0) is 13.5. The molecule has 0 aliphatic carbocycles. The van der Waals surface area contributed by atoms with Gasteiger partial charge >= 0.3 is 0 Å². The summed E-state index contributed by atoms with van der Waals surface area (Å²) in [6.07, 6.45) is 1.39. The molecule has 2 heteroatoms. The van der Waals surface area contributed by atoms with Gasteiger partial charge in [0, 0.05) is 5.56 Å². The van der Waals surface area contributed by atoms with E-state index >= 15 is 0 Å². The fourth-order valence-electron chi connectivity index (χ4n) is 2.53. The summed E-state index contributed by atoms with van der Waals surface area (Å²) >= 11 is 0. The first-order valence-electron chi connectivity index (χ1n) is 6.84. The predicted molar refractivity (Wildman–Crippen MR) is 74.2 cm³/mol. The molecule has 0 radical (unpaired) electrons. The number of ether oxygens (including phenoxy) is 1. The number of fused-ring (bicyclic) bond motifs is 1. The highest BCUT2D eigenvalue weighted by atomic mass is 16.5. The summed E-state index contributed by atoms with van der Waals surface area (Å²) in [6.45, 7) is 10.8. The number of aliphatic hydroxyl groups is 1. The molecule has 1 aliphatic heterocycles. The maximum Gasteiger partial charge on any atom is 0.129 e. The standard InChI is InChI=1S/C16H24O2/c1-6-7-13-14(17)12-9-11(16(3,4)5)8-10(2)15(12)18-13/h8-9,13-14,17H,6-7H2,1-5H3. The largest absolute Gasteiger partial charge is 0.487 e. The number of rotatable bonds is 2. The molecule has 1 aliphatic rings. The van der Waals surface area contributed by atoms with Gasteiger partial charge in [-0.3, -0.25) is 0 Å². The molecule has 0 fully saturated rings. The molecule has 1 aromatic carbocycles. The van der Waals surface area contributed by atoms with E-state index in [2.05, 4.69) is 46.8 Å². The third-order valence-corrected chi connectivity index (χ3v) is 3.68. The van der Waals surface area contributed by atoms with Gasteiger partial charge in [0.15, 0.2) is 0 Å². The van der Waals surface area contributed by atoms with E-state index in [4.69, 9.17) is 4.74 Å². The summed E-state index contributed by atoms with van der Waals surface area (Å²) in [6, 6.07) is 4.29. The summed E-state index contributed by atoms with van der Waals surface area (Å²) in [5.74, 6) is 0.897. The average Bonchev–Trinajstić information content (AvgIpc) is 2.57. The van der Waals surface area contributed by atoms with Crippen molar-refractivity contribution in [3.8, 4) is 5.75 Å². The number of hydrogen-bond acceptors (Lipinski definition) is 2. The fraction of sp³-hybridized carbons (Fsp3) is 0.625. The summed E-state index contributed by atoms with van der Waals surface area (Å²) in [4.78, 5) is 0. The first-order chi connectivity index (χ1) is 8.34. The summed E-state index contributed by atoms with van der Waals surface area (Å²) < 4.78 is 5.91. The van der Waals surface area contributed by atoms with Crippen LogP contribution < -0.4 is 4.74 Å². The van der Waals surface area contributed by atoms with Crippen LogP contribution in [0.3, 0.4) is 0 Å². The van der Waals surface area contributed by atoms with Crippen LogP contribution in [0.4, 0.5) is 0 Å². The third kappa shape index (κ3) is 2.26. The van der Waals surface area contributed by atoms with Gasteiger partial charge in [0.2, 0.25) is 0 Å². The van der Waals surface area contributed by atoms with Crippen LogP contribution in [0, 0.1) is 6.92 Å². The molecule has 100 valence electrons. The van der Waals surface area contributed by atoms with Crippen molar-refractivity contribution in [1.29, 1.82) is 0 Å². The maximum absolute atomic E-state index is 10.4. The van der Waals surface area contributed by atoms with E-state index < -0.39 is 6.10 Å². The van der Waals surface area contributed by atoms with Gasteiger partial charge in [0.1, 0.15) is 18.0 Å². The van der Waals surface area contributed by atoms with E-state index in [9.17, 15) is 5.11 Å². The first-order valence-corrected chi connectivity index (χ1v) is 6.84. The van der Waals surface area contributed by atoms with E-state index in [-0.39, 0.29) is 11.5 Å². The second kappa shape index (κ2) is 4.58. The molecule has 0 spiro atoms. The van der Waals surface area contributed by atoms with Gasteiger partial charge in [-0.1, -0.05) is 40.2 Å². The van der Waals surface area contributed by atoms with Crippen molar-refractivity contribution in [2.45, 2.75) is 65.1 Å². The van der Waals surface area contributed by atoms with Crippen molar-refractivity contribution < 1.29 is 9.84 Å². The van der Waals surface area contributed by atoms with Crippen molar-refractivity contribution in [1.82, 2.24) is 0 Å². The molecule has 2 atom stereocenters. The highest BCUT2D eigenvalue weighted by molar-refractivity contribution is 5.49. The Bertz CT molecular complexity index is 443. The summed E-state index contributed by atoms with van der Waals surface area (Å²) in [5, 5.41) is 10.4. The van der Waals surface area contributed by atoms with Crippen LogP contribution in [0.5, 0.6) is 5.75 Å². The number of aliphatic hydroxyl groups excluding tert-OH is 1. The van der Waals surface area contributed by atoms with Gasteiger partial charge in [-0.25, -0.2) is 0 Å². The highest BCUT2D eigenvalue weighted by Crippen LogP contribution is 2.42. The summed E-state index contributed by atoms with van der Waals surface area (Å²) in [7, 11) is 0. The number of hydrogen-bond donors (Lipinski definition) is 1. The van der Waals surface area contributed by atoms with E-state index in [1.54, 1.807) is 0 Å². The van der Waals surface area contributed by atoms with Crippen LogP contribution >= 0.6 is 0 Å². The molecule has 0 bridgehead atoms. The second-order valence-corrected chi connectivity index (χ2v) is 6.35. The molecule has 2 rings (SSSR count). The van der Waals surface area contributed by atoms with Crippen molar-refractivity contribution in [2.24, 2.45) is 0 Å². The Kier molecular flexibility index (Phi) is 3.41. The van der Waals surface area contributed by atoms with Crippen LogP contribution in [-0.4, -0.2) is 11.2 Å². The zero-order valence-corrected chi connectivity index (χ0v) is 12.1. The Morgan fingerprint density at radius 3 is 2.50 bits per heavy atom. The molecule has 1 heterocycles. The van der Waals surface area contributed by atoms with Gasteiger partial charge < -0.3 is 9.84 Å². The Balaban J connectivity index is 2.42. The minimum Gasteiger partial charge on any atom is -0.487 e. The van der Waals surface area contributed by atoms with Crippen molar-refractivity contribution in [2.75, 3.05) is 0 Å². The Labute approximate surface area is 110 Å². The van der Waals surface area contributed by atoms with Crippen molar-refractivity contribution in [3.63, 3.8) is 0 Å². The molecule has 0 aromatic heterocycles. The monoisotopic (exact) mass is 248 g/mol. The molecule has 2 unspecified atom stereocenters. The smallest absolute Gasteiger partial charge is 0.129 e.